The van der Waals surface area contributed by atoms with Crippen LogP contribution in [0.3, 0.4) is 0 Å². The van der Waals surface area contributed by atoms with Gasteiger partial charge in [0.15, 0.2) is 17.5 Å². The molecule has 2 aliphatic rings. The SMILES string of the molecule is CCOC(=O)Nc1nc2c(-c3cc(N4CCN(C)CC4)ncn3)cc(-n3ccnc3)cc2[nH]1.CCOC(=O)Nc1nc2c(-c3ncccn3)cc(-c3ccc(CN(CC)CCOC)nc3)cc2[nH]1.CCOC(=O)Nc1nc2c(-c3ncccn3)cc(-c3ccc(CN4C[C@@H](C)O[C@@H](C)C4)nc3)cc2[nH]1.CCOC(=O)Nc1nc2c(-c3ncccn3)cc(-c3cccnc3)cc2[nH]1. The Morgan fingerprint density at radius 3 is 1.33 bits per heavy atom. The van der Waals surface area contributed by atoms with E-state index in [1.165, 1.54) is 0 Å². The summed E-state index contributed by atoms with van der Waals surface area (Å²) in [7, 11) is 3.84. The summed E-state index contributed by atoms with van der Waals surface area (Å²) in [5.74, 6) is 3.69. The summed E-state index contributed by atoms with van der Waals surface area (Å²) >= 11 is 0. The lowest BCUT2D eigenvalue weighted by Gasteiger charge is -2.35. The second-order valence-electron chi connectivity index (χ2n) is 30.2. The Morgan fingerprint density at radius 1 is 0.466 bits per heavy atom. The van der Waals surface area contributed by atoms with Crippen molar-refractivity contribution < 1.29 is 47.6 Å². The van der Waals surface area contributed by atoms with Crippen molar-refractivity contribution in [3.05, 3.63) is 208 Å². The molecule has 131 heavy (non-hydrogen) atoms. The van der Waals surface area contributed by atoms with Crippen LogP contribution in [0.5, 0.6) is 0 Å². The predicted molar refractivity (Wildman–Crippen MR) is 496 cm³/mol. The van der Waals surface area contributed by atoms with Crippen LogP contribution in [0.25, 0.3) is 129 Å². The highest BCUT2D eigenvalue weighted by molar-refractivity contribution is 6.01. The number of likely N-dealkylation sites (N-methyl/N-ethyl adjacent to an activating group) is 2. The van der Waals surface area contributed by atoms with Crippen LogP contribution in [0, 0.1) is 0 Å². The fourth-order valence-corrected chi connectivity index (χ4v) is 14.9. The number of piperazine rings is 1. The van der Waals surface area contributed by atoms with E-state index in [4.69, 9.17) is 33.4 Å². The molecule has 14 heterocycles. The molecule has 4 aromatic carbocycles. The van der Waals surface area contributed by atoms with Crippen molar-refractivity contribution in [2.24, 2.45) is 0 Å². The Bertz CT molecular complexity index is 6490. The number of anilines is 5. The first-order chi connectivity index (χ1) is 63.9. The zero-order valence-corrected chi connectivity index (χ0v) is 73.7. The normalized spacial score (nSPS) is 13.9. The Labute approximate surface area is 752 Å². The fraction of sp³-hybridized carbons (Fsp3) is 0.283. The average molecular weight is 1770 g/mol. The number of imidazole rings is 5. The van der Waals surface area contributed by atoms with Gasteiger partial charge in [0.05, 0.1) is 90.7 Å². The second kappa shape index (κ2) is 43.3. The molecular weight excluding hydrogens is 1670 g/mol. The smallest absolute Gasteiger partial charge is 0.413 e. The number of nitrogens with zero attached hydrogens (tertiary/aromatic N) is 21. The molecule has 8 N–H and O–H groups in total. The van der Waals surface area contributed by atoms with Gasteiger partial charge in [0.2, 0.25) is 23.8 Å². The van der Waals surface area contributed by atoms with Gasteiger partial charge in [-0.1, -0.05) is 25.1 Å². The van der Waals surface area contributed by atoms with Crippen molar-refractivity contribution in [1.29, 1.82) is 0 Å². The minimum Gasteiger partial charge on any atom is -0.450 e. The number of carbonyl (C=O) groups excluding carboxylic acids is 4. The van der Waals surface area contributed by atoms with Crippen LogP contribution < -0.4 is 26.2 Å². The first kappa shape index (κ1) is 90.2. The summed E-state index contributed by atoms with van der Waals surface area (Å²) in [6, 6.07) is 35.1. The number of rotatable bonds is 25. The quantitative estimate of drug-likeness (QED) is 0.0246. The molecule has 0 saturated carbocycles. The van der Waals surface area contributed by atoms with E-state index in [0.717, 1.165) is 172 Å². The number of hydrogen-bond donors (Lipinski definition) is 8. The van der Waals surface area contributed by atoms with Crippen LogP contribution in [0.15, 0.2) is 196 Å². The molecule has 18 rings (SSSR count). The zero-order valence-electron chi connectivity index (χ0n) is 73.7. The molecule has 39 nitrogen and oxygen atoms in total. The van der Waals surface area contributed by atoms with Gasteiger partial charge in [-0.15, -0.1) is 0 Å². The predicted octanol–water partition coefficient (Wildman–Crippen LogP) is 14.6. The number of methoxy groups -OCH3 is 1. The number of ether oxygens (including phenoxy) is 6. The number of aromatic amines is 4. The standard InChI is InChI=1S/C26H29N7O3.C25H29N7O3.C22H25N9O2.C19H16N6O2/c1-4-35-26(34)32-25-30-22-11-19(10-21(23(22)31-25)24-27-8-5-9-28-24)18-6-7-20(29-12-18)15-33-13-16(2)36-17(3)14-33;1-4-32(11-12-34-3)16-19-8-7-17(15-28-19)18-13-20(23-26-9-6-10-27-23)22-21(14-18)29-24(30-22)31-25(33)35-5-2;1-3-33-22(32)28-21-26-18-11-15(31-5-4-23-14-31)10-16(20(18)27-21)17-12-19(25-13-24-17)30-8-6-29(2)7-9-30;1-2-27-19(26)25-18-23-15-10-13(12-5-3-6-20-11-12)9-14(16(15)24-18)17-21-7-4-8-22-17/h5-12,16-17H,4,13-15H2,1-3H3,(H2,30,31,32,34);6-10,13-15H,4-5,11-12,16H2,1-3H3,(H2,29,30,31,33);4-5,10-14H,3,6-9H2,1-2H3,(H2,26,27,28,32);3-11H,2H2,1H3,(H2,23,24,25,26)/t16-,17+;;;. The molecule has 2 fully saturated rings. The summed E-state index contributed by atoms with van der Waals surface area (Å²) in [4.78, 5) is 141. The largest absolute Gasteiger partial charge is 0.450 e. The van der Waals surface area contributed by atoms with Gasteiger partial charge in [-0.3, -0.25) is 46.0 Å². The highest BCUT2D eigenvalue weighted by Crippen LogP contribution is 2.38. The fourth-order valence-electron chi connectivity index (χ4n) is 14.9. The van der Waals surface area contributed by atoms with E-state index in [2.05, 4.69) is 182 Å². The molecule has 672 valence electrons. The van der Waals surface area contributed by atoms with Gasteiger partial charge in [0, 0.05) is 191 Å². The van der Waals surface area contributed by atoms with Gasteiger partial charge in [-0.2, -0.15) is 0 Å². The Hall–Kier alpha value is -15.6. The minimum atomic E-state index is -0.573. The van der Waals surface area contributed by atoms with Crippen LogP contribution in [-0.4, -0.2) is 255 Å². The minimum absolute atomic E-state index is 0.219. The summed E-state index contributed by atoms with van der Waals surface area (Å²) in [5, 5.41) is 10.5. The molecule has 16 aromatic rings. The molecule has 2 saturated heterocycles. The summed E-state index contributed by atoms with van der Waals surface area (Å²) in [6.45, 7) is 24.0. The number of morpholine rings is 1. The molecule has 2 aliphatic heterocycles. The van der Waals surface area contributed by atoms with Crippen LogP contribution in [-0.2, 0) is 41.5 Å². The van der Waals surface area contributed by atoms with Crippen LogP contribution >= 0.6 is 0 Å². The Kier molecular flexibility index (Phi) is 29.8. The number of pyridine rings is 3. The average Bonchev–Trinajstić information content (AvgIpc) is 1.67. The number of hydrogen-bond acceptors (Lipinski definition) is 30. The molecule has 12 aromatic heterocycles. The van der Waals surface area contributed by atoms with E-state index in [9.17, 15) is 19.2 Å². The third kappa shape index (κ3) is 23.2. The van der Waals surface area contributed by atoms with E-state index < -0.39 is 24.4 Å². The number of H-pyrrole nitrogens is 4. The molecule has 0 radical (unpaired) electrons. The highest BCUT2D eigenvalue weighted by atomic mass is 16.6. The van der Waals surface area contributed by atoms with Gasteiger partial charge < -0.3 is 62.7 Å². The van der Waals surface area contributed by atoms with Crippen LogP contribution in [0.2, 0.25) is 0 Å². The molecule has 4 amide bonds. The van der Waals surface area contributed by atoms with Crippen molar-refractivity contribution in [3.63, 3.8) is 0 Å². The Balaban J connectivity index is 0.000000134. The van der Waals surface area contributed by atoms with Crippen molar-refractivity contribution >= 4 is 98.1 Å². The summed E-state index contributed by atoms with van der Waals surface area (Å²) in [5.41, 5.74) is 18.0. The van der Waals surface area contributed by atoms with Gasteiger partial charge in [-0.05, 0) is 157 Å². The van der Waals surface area contributed by atoms with Crippen LogP contribution in [0.4, 0.5) is 48.8 Å². The maximum atomic E-state index is 11.9. The van der Waals surface area contributed by atoms with E-state index in [1.54, 1.807) is 121 Å². The lowest BCUT2D eigenvalue weighted by atomic mass is 10.0. The van der Waals surface area contributed by atoms with E-state index in [0.29, 0.717) is 64.0 Å². The molecule has 0 aliphatic carbocycles. The number of aromatic nitrogens is 21. The van der Waals surface area contributed by atoms with Crippen LogP contribution in [0.1, 0.15) is 59.9 Å². The molecule has 39 heteroatoms. The molecule has 0 spiro atoms. The number of carbonyl (C=O) groups is 4. The monoisotopic (exact) mass is 1770 g/mol. The number of fused-ring (bicyclic) bond motifs is 4. The molecule has 2 atom stereocenters. The van der Waals surface area contributed by atoms with E-state index in [-0.39, 0.29) is 44.6 Å². The maximum Gasteiger partial charge on any atom is 0.413 e. The summed E-state index contributed by atoms with van der Waals surface area (Å²) < 4.78 is 32.8. The topological polar surface area (TPSA) is 459 Å². The second-order valence-corrected chi connectivity index (χ2v) is 30.2. The highest BCUT2D eigenvalue weighted by Gasteiger charge is 2.26. The van der Waals surface area contributed by atoms with Crippen molar-refractivity contribution in [1.82, 2.24) is 119 Å². The van der Waals surface area contributed by atoms with E-state index >= 15 is 0 Å². The van der Waals surface area contributed by atoms with E-state index in [1.807, 2.05) is 96.0 Å². The number of amides is 4. The van der Waals surface area contributed by atoms with Gasteiger partial charge >= 0.3 is 24.4 Å². The zero-order chi connectivity index (χ0) is 91.1. The number of nitrogens with one attached hydrogen (secondary N) is 8. The lowest BCUT2D eigenvalue weighted by molar-refractivity contribution is -0.0707. The molecular formula is C92H99N29O10. The van der Waals surface area contributed by atoms with Gasteiger partial charge in [0.1, 0.15) is 34.2 Å². The first-order valence-corrected chi connectivity index (χ1v) is 42.8. The van der Waals surface area contributed by atoms with Gasteiger partial charge in [-0.25, -0.2) is 84.0 Å². The van der Waals surface area contributed by atoms with Crippen molar-refractivity contribution in [3.8, 4) is 84.5 Å². The van der Waals surface area contributed by atoms with Crippen molar-refractivity contribution in [2.75, 3.05) is 126 Å². The third-order valence-electron chi connectivity index (χ3n) is 20.9. The maximum absolute atomic E-state index is 11.9. The molecule has 0 unspecified atom stereocenters. The Morgan fingerprint density at radius 2 is 0.916 bits per heavy atom. The van der Waals surface area contributed by atoms with Crippen molar-refractivity contribution in [2.45, 2.75) is 73.8 Å². The van der Waals surface area contributed by atoms with Gasteiger partial charge in [0.25, 0.3) is 0 Å². The number of benzene rings is 4. The molecule has 0 bridgehead atoms. The summed E-state index contributed by atoms with van der Waals surface area (Å²) in [6.07, 6.45) is 22.4. The first-order valence-electron chi connectivity index (χ1n) is 42.8. The third-order valence-corrected chi connectivity index (χ3v) is 20.9. The lowest BCUT2D eigenvalue weighted by Crippen LogP contribution is -2.44.